The molecule has 2 rings (SSSR count). The van der Waals surface area contributed by atoms with Crippen LogP contribution in [0.4, 0.5) is 5.69 Å². The quantitative estimate of drug-likeness (QED) is 0.854. The third-order valence-electron chi connectivity index (χ3n) is 4.06. The number of carbonyl (C=O) groups is 1. The molecule has 0 saturated heterocycles. The first kappa shape index (κ1) is 17.2. The average Bonchev–Trinajstić information content (AvgIpc) is 2.95. The minimum absolute atomic E-state index is 0.0919. The molecule has 1 amide bonds. The van der Waals surface area contributed by atoms with Crippen molar-refractivity contribution in [2.24, 2.45) is 0 Å². The summed E-state index contributed by atoms with van der Waals surface area (Å²) in [6.45, 7) is 12.1. The largest absolute Gasteiger partial charge is 0.319 e. The van der Waals surface area contributed by atoms with Gasteiger partial charge in [-0.2, -0.15) is 5.10 Å². The molecule has 1 heterocycles. The van der Waals surface area contributed by atoms with Crippen molar-refractivity contribution in [3.8, 4) is 0 Å². The Labute approximate surface area is 138 Å². The second-order valence-electron chi connectivity index (χ2n) is 5.79. The topological polar surface area (TPSA) is 50.2 Å². The summed E-state index contributed by atoms with van der Waals surface area (Å²) >= 11 is 0. The first-order valence-corrected chi connectivity index (χ1v) is 8.17. The minimum atomic E-state index is -0.0919. The number of rotatable bonds is 7. The van der Waals surface area contributed by atoms with Gasteiger partial charge in [0.15, 0.2) is 0 Å². The zero-order valence-electron chi connectivity index (χ0n) is 14.5. The highest BCUT2D eigenvalue weighted by molar-refractivity contribution is 6.05. The molecular weight excluding hydrogens is 288 g/mol. The van der Waals surface area contributed by atoms with Gasteiger partial charge in [0.25, 0.3) is 5.91 Å². The molecule has 23 heavy (non-hydrogen) atoms. The van der Waals surface area contributed by atoms with Crippen molar-refractivity contribution >= 4 is 11.6 Å². The van der Waals surface area contributed by atoms with Crippen molar-refractivity contribution < 1.29 is 4.79 Å². The predicted octanol–water partition coefficient (Wildman–Crippen LogP) is 3.09. The molecule has 2 aromatic rings. The molecule has 0 aliphatic rings. The Morgan fingerprint density at radius 2 is 2.00 bits per heavy atom. The van der Waals surface area contributed by atoms with Gasteiger partial charge in [-0.15, -0.1) is 0 Å². The van der Waals surface area contributed by atoms with E-state index in [1.165, 1.54) is 0 Å². The summed E-state index contributed by atoms with van der Waals surface area (Å²) in [4.78, 5) is 14.7. The highest BCUT2D eigenvalue weighted by Gasteiger charge is 2.10. The van der Waals surface area contributed by atoms with E-state index in [1.54, 1.807) is 6.20 Å². The van der Waals surface area contributed by atoms with Crippen LogP contribution >= 0.6 is 0 Å². The van der Waals surface area contributed by atoms with Crippen LogP contribution in [-0.4, -0.2) is 40.2 Å². The normalized spacial score (nSPS) is 11.0. The number of aromatic nitrogens is 2. The lowest BCUT2D eigenvalue weighted by Crippen LogP contribution is -2.27. The van der Waals surface area contributed by atoms with Gasteiger partial charge in [0, 0.05) is 18.3 Å². The highest BCUT2D eigenvalue weighted by Crippen LogP contribution is 2.13. The number of amides is 1. The number of benzene rings is 1. The highest BCUT2D eigenvalue weighted by atomic mass is 16.1. The Kier molecular flexibility index (Phi) is 5.93. The number of hydrogen-bond acceptors (Lipinski definition) is 3. The fourth-order valence-corrected chi connectivity index (χ4v) is 2.60. The summed E-state index contributed by atoms with van der Waals surface area (Å²) in [6, 6.07) is 5.84. The molecule has 1 aromatic heterocycles. The monoisotopic (exact) mass is 314 g/mol. The molecule has 0 radical (unpaired) electrons. The molecule has 0 fully saturated rings. The van der Waals surface area contributed by atoms with Crippen LogP contribution in [0.1, 0.15) is 35.3 Å². The van der Waals surface area contributed by atoms with E-state index >= 15 is 0 Å². The second-order valence-corrected chi connectivity index (χ2v) is 5.79. The van der Waals surface area contributed by atoms with E-state index in [1.807, 2.05) is 42.9 Å². The van der Waals surface area contributed by atoms with Crippen LogP contribution in [0.15, 0.2) is 30.6 Å². The molecule has 0 bridgehead atoms. The number of hydrogen-bond donors (Lipinski definition) is 1. The fraction of sp³-hybridized carbons (Fsp3) is 0.444. The SMILES string of the molecule is CCN(CC)CCn1cc(NC(=O)c2ccc(C)cc2C)cn1. The molecular formula is C18H26N4O. The number of likely N-dealkylation sites (N-methyl/N-ethyl adjacent to an activating group) is 1. The van der Waals surface area contributed by atoms with Crippen LogP contribution in [-0.2, 0) is 6.54 Å². The van der Waals surface area contributed by atoms with Gasteiger partial charge in [-0.1, -0.05) is 31.5 Å². The fourth-order valence-electron chi connectivity index (χ4n) is 2.60. The maximum absolute atomic E-state index is 12.4. The Balaban J connectivity index is 1.97. The molecule has 1 N–H and O–H groups in total. The van der Waals surface area contributed by atoms with E-state index in [2.05, 4.69) is 29.2 Å². The standard InChI is InChI=1S/C18H26N4O/c1-5-21(6-2)9-10-22-13-16(12-19-22)20-18(23)17-8-7-14(3)11-15(17)4/h7-8,11-13H,5-6,9-10H2,1-4H3,(H,20,23). The summed E-state index contributed by atoms with van der Waals surface area (Å²) in [6.07, 6.45) is 3.58. The number of nitrogens with one attached hydrogen (secondary N) is 1. The van der Waals surface area contributed by atoms with Crippen LogP contribution < -0.4 is 5.32 Å². The molecule has 124 valence electrons. The van der Waals surface area contributed by atoms with Crippen LogP contribution in [0.3, 0.4) is 0 Å². The third kappa shape index (κ3) is 4.66. The number of anilines is 1. The zero-order valence-corrected chi connectivity index (χ0v) is 14.5. The summed E-state index contributed by atoms with van der Waals surface area (Å²) in [5.74, 6) is -0.0919. The molecule has 0 aliphatic heterocycles. The van der Waals surface area contributed by atoms with Crippen molar-refractivity contribution in [3.63, 3.8) is 0 Å². The van der Waals surface area contributed by atoms with Crippen molar-refractivity contribution in [3.05, 3.63) is 47.3 Å². The molecule has 5 heteroatoms. The molecule has 0 aliphatic carbocycles. The Morgan fingerprint density at radius 3 is 2.65 bits per heavy atom. The van der Waals surface area contributed by atoms with Gasteiger partial charge in [0.1, 0.15) is 0 Å². The minimum Gasteiger partial charge on any atom is -0.319 e. The lowest BCUT2D eigenvalue weighted by atomic mass is 10.1. The van der Waals surface area contributed by atoms with Gasteiger partial charge in [-0.3, -0.25) is 9.48 Å². The van der Waals surface area contributed by atoms with E-state index < -0.39 is 0 Å². The lowest BCUT2D eigenvalue weighted by Gasteiger charge is -2.17. The maximum atomic E-state index is 12.4. The van der Waals surface area contributed by atoms with E-state index in [4.69, 9.17) is 0 Å². The summed E-state index contributed by atoms with van der Waals surface area (Å²) in [5, 5.41) is 7.23. The number of carbonyl (C=O) groups excluding carboxylic acids is 1. The van der Waals surface area contributed by atoms with Crippen LogP contribution in [0.2, 0.25) is 0 Å². The van der Waals surface area contributed by atoms with Crippen molar-refractivity contribution in [1.82, 2.24) is 14.7 Å². The average molecular weight is 314 g/mol. The van der Waals surface area contributed by atoms with Crippen LogP contribution in [0.25, 0.3) is 0 Å². The lowest BCUT2D eigenvalue weighted by molar-refractivity contribution is 0.102. The molecule has 0 spiro atoms. The van der Waals surface area contributed by atoms with Gasteiger partial charge in [-0.25, -0.2) is 0 Å². The van der Waals surface area contributed by atoms with Crippen molar-refractivity contribution in [2.75, 3.05) is 25.0 Å². The molecule has 0 atom stereocenters. The summed E-state index contributed by atoms with van der Waals surface area (Å²) < 4.78 is 1.87. The van der Waals surface area contributed by atoms with Gasteiger partial charge in [0.05, 0.1) is 18.4 Å². The molecule has 5 nitrogen and oxygen atoms in total. The Bertz CT molecular complexity index is 659. The molecule has 1 aromatic carbocycles. The Morgan fingerprint density at radius 1 is 1.26 bits per heavy atom. The number of nitrogens with zero attached hydrogens (tertiary/aromatic N) is 3. The van der Waals surface area contributed by atoms with E-state index in [-0.39, 0.29) is 5.91 Å². The zero-order chi connectivity index (χ0) is 16.8. The second kappa shape index (κ2) is 7.92. The van der Waals surface area contributed by atoms with Gasteiger partial charge < -0.3 is 10.2 Å². The first-order valence-electron chi connectivity index (χ1n) is 8.17. The van der Waals surface area contributed by atoms with E-state index in [0.717, 1.165) is 43.0 Å². The van der Waals surface area contributed by atoms with Gasteiger partial charge >= 0.3 is 0 Å². The molecule has 0 saturated carbocycles. The Hall–Kier alpha value is -2.14. The summed E-state index contributed by atoms with van der Waals surface area (Å²) in [7, 11) is 0. The van der Waals surface area contributed by atoms with E-state index in [9.17, 15) is 4.79 Å². The van der Waals surface area contributed by atoms with Gasteiger partial charge in [0.2, 0.25) is 0 Å². The predicted molar refractivity (Wildman–Crippen MR) is 93.9 cm³/mol. The maximum Gasteiger partial charge on any atom is 0.256 e. The van der Waals surface area contributed by atoms with Crippen molar-refractivity contribution in [2.45, 2.75) is 34.2 Å². The first-order chi connectivity index (χ1) is 11.0. The third-order valence-corrected chi connectivity index (χ3v) is 4.06. The van der Waals surface area contributed by atoms with Crippen LogP contribution in [0, 0.1) is 13.8 Å². The number of aryl methyl sites for hydroxylation is 2. The van der Waals surface area contributed by atoms with Crippen molar-refractivity contribution in [1.29, 1.82) is 0 Å². The van der Waals surface area contributed by atoms with E-state index in [0.29, 0.717) is 5.56 Å². The smallest absolute Gasteiger partial charge is 0.256 e. The van der Waals surface area contributed by atoms with Crippen LogP contribution in [0.5, 0.6) is 0 Å². The molecule has 0 unspecified atom stereocenters. The van der Waals surface area contributed by atoms with Gasteiger partial charge in [-0.05, 0) is 38.6 Å². The summed E-state index contributed by atoms with van der Waals surface area (Å²) in [5.41, 5.74) is 3.57.